The van der Waals surface area contributed by atoms with E-state index >= 15 is 0 Å². The summed E-state index contributed by atoms with van der Waals surface area (Å²) in [6, 6.07) is 3.00. The first-order valence-corrected chi connectivity index (χ1v) is 10.4. The minimum Gasteiger partial charge on any atom is -0.441 e. The van der Waals surface area contributed by atoms with Crippen LogP contribution >= 0.6 is 0 Å². The lowest BCUT2D eigenvalue weighted by molar-refractivity contribution is -0.120. The topological polar surface area (TPSA) is 92.9 Å². The number of hydrogen-bond acceptors (Lipinski definition) is 6. The van der Waals surface area contributed by atoms with Gasteiger partial charge in [-0.05, 0) is 37.8 Å². The molecule has 0 saturated heterocycles. The normalized spacial score (nSPS) is 19.1. The van der Waals surface area contributed by atoms with Crippen LogP contribution in [0.25, 0.3) is 22.2 Å². The van der Waals surface area contributed by atoms with Crippen molar-refractivity contribution in [3.8, 4) is 11.3 Å². The van der Waals surface area contributed by atoms with E-state index in [2.05, 4.69) is 25.6 Å². The summed E-state index contributed by atoms with van der Waals surface area (Å²) in [7, 11) is 0. The Morgan fingerprint density at radius 2 is 1.87 bits per heavy atom. The Labute approximate surface area is 178 Å². The largest absolute Gasteiger partial charge is 0.441 e. The number of anilines is 1. The van der Waals surface area contributed by atoms with Crippen molar-refractivity contribution in [2.75, 3.05) is 18.7 Å². The van der Waals surface area contributed by atoms with Gasteiger partial charge in [0, 0.05) is 36.0 Å². The van der Waals surface area contributed by atoms with Crippen LogP contribution in [0.5, 0.6) is 0 Å². The maximum Gasteiger partial charge on any atom is 0.228 e. The zero-order valence-electron chi connectivity index (χ0n) is 17.3. The van der Waals surface area contributed by atoms with Crippen molar-refractivity contribution in [1.29, 1.82) is 0 Å². The van der Waals surface area contributed by atoms with E-state index < -0.39 is 19.4 Å². The van der Waals surface area contributed by atoms with Crippen LogP contribution in [0.4, 0.5) is 14.6 Å². The molecule has 1 saturated carbocycles. The molecular formula is C22H25F2N5O2. The molecule has 0 unspecified atom stereocenters. The van der Waals surface area contributed by atoms with Gasteiger partial charge in [0.1, 0.15) is 19.2 Å². The molecule has 164 valence electrons. The van der Waals surface area contributed by atoms with E-state index in [0.717, 1.165) is 10.9 Å². The van der Waals surface area contributed by atoms with Crippen LogP contribution in [0.3, 0.4) is 0 Å². The van der Waals surface area contributed by atoms with Crippen molar-refractivity contribution in [3.63, 3.8) is 0 Å². The lowest BCUT2D eigenvalue weighted by Gasteiger charge is -2.30. The molecule has 1 fully saturated rings. The minimum atomic E-state index is -0.753. The lowest BCUT2D eigenvalue weighted by atomic mass is 9.85. The summed E-state index contributed by atoms with van der Waals surface area (Å²) in [4.78, 5) is 25.5. The summed E-state index contributed by atoms with van der Waals surface area (Å²) in [6.45, 7) is 0.327. The third-order valence-corrected chi connectivity index (χ3v) is 5.67. The Bertz CT molecular complexity index is 1050. The quantitative estimate of drug-likeness (QED) is 0.590. The molecule has 0 aromatic carbocycles. The number of carbonyl (C=O) groups excluding carboxylic acids is 1. The highest BCUT2D eigenvalue weighted by molar-refractivity contribution is 5.94. The summed E-state index contributed by atoms with van der Waals surface area (Å²) in [5.74, 6) is 1.43. The van der Waals surface area contributed by atoms with Gasteiger partial charge in [-0.2, -0.15) is 0 Å². The predicted octanol–water partition coefficient (Wildman–Crippen LogP) is 3.99. The number of fused-ring (bicyclic) bond motifs is 1. The molecule has 1 aliphatic carbocycles. The van der Waals surface area contributed by atoms with Gasteiger partial charge >= 0.3 is 0 Å². The van der Waals surface area contributed by atoms with Gasteiger partial charge in [-0.1, -0.05) is 0 Å². The third kappa shape index (κ3) is 5.04. The van der Waals surface area contributed by atoms with E-state index in [0.29, 0.717) is 48.7 Å². The fourth-order valence-corrected chi connectivity index (χ4v) is 3.94. The van der Waals surface area contributed by atoms with Crippen LogP contribution in [0, 0.1) is 12.8 Å². The molecule has 3 aromatic heterocycles. The average molecular weight is 429 g/mol. The number of oxazole rings is 1. The van der Waals surface area contributed by atoms with E-state index in [-0.39, 0.29) is 17.9 Å². The molecule has 0 spiro atoms. The number of nitrogens with one attached hydrogen (secondary N) is 2. The number of amides is 1. The molecule has 0 bridgehead atoms. The second-order valence-corrected chi connectivity index (χ2v) is 7.94. The molecule has 0 radical (unpaired) electrons. The standard InChI is InChI=1S/C22H25F2N5O2/c1-13-25-12-20(31-13)16-6-15-7-21(27-11-19(15)26-10-16)29-22(30)14-2-4-17(5-3-14)28-18(8-23)9-24/h6-7,10-12,14,17-18,28H,2-5,8-9H2,1H3,(H,27,29,30)/t14-,17-. The zero-order valence-corrected chi connectivity index (χ0v) is 17.3. The lowest BCUT2D eigenvalue weighted by Crippen LogP contribution is -2.44. The van der Waals surface area contributed by atoms with Crippen molar-refractivity contribution in [3.05, 3.63) is 36.6 Å². The van der Waals surface area contributed by atoms with E-state index in [1.165, 1.54) is 0 Å². The first-order chi connectivity index (χ1) is 15.1. The van der Waals surface area contributed by atoms with Crippen molar-refractivity contribution in [2.45, 2.75) is 44.7 Å². The van der Waals surface area contributed by atoms with E-state index in [4.69, 9.17) is 4.42 Å². The predicted molar refractivity (Wildman–Crippen MR) is 113 cm³/mol. The van der Waals surface area contributed by atoms with Crippen LogP contribution < -0.4 is 10.6 Å². The molecule has 3 heterocycles. The first kappa shape index (κ1) is 21.3. The monoisotopic (exact) mass is 429 g/mol. The van der Waals surface area contributed by atoms with Crippen LogP contribution in [0.15, 0.2) is 35.1 Å². The molecule has 4 rings (SSSR count). The van der Waals surface area contributed by atoms with Crippen LogP contribution in [-0.4, -0.2) is 46.3 Å². The van der Waals surface area contributed by atoms with E-state index in [1.54, 1.807) is 31.6 Å². The number of pyridine rings is 2. The number of halogens is 2. The number of aromatic nitrogens is 3. The molecule has 0 atom stereocenters. The second-order valence-electron chi connectivity index (χ2n) is 7.94. The number of carbonyl (C=O) groups is 1. The fourth-order valence-electron chi connectivity index (χ4n) is 3.94. The summed E-state index contributed by atoms with van der Waals surface area (Å²) >= 11 is 0. The fraction of sp³-hybridized carbons (Fsp3) is 0.455. The minimum absolute atomic E-state index is 0.0450. The Morgan fingerprint density at radius 3 is 2.55 bits per heavy atom. The first-order valence-electron chi connectivity index (χ1n) is 10.4. The van der Waals surface area contributed by atoms with Gasteiger partial charge in [0.2, 0.25) is 5.91 Å². The maximum absolute atomic E-state index is 12.7. The highest BCUT2D eigenvalue weighted by Crippen LogP contribution is 2.27. The summed E-state index contributed by atoms with van der Waals surface area (Å²) in [5, 5.41) is 6.71. The van der Waals surface area contributed by atoms with Gasteiger partial charge in [-0.25, -0.2) is 18.7 Å². The van der Waals surface area contributed by atoms with Gasteiger partial charge in [-0.3, -0.25) is 9.78 Å². The average Bonchev–Trinajstić information content (AvgIpc) is 3.23. The van der Waals surface area contributed by atoms with Gasteiger partial charge in [0.25, 0.3) is 0 Å². The van der Waals surface area contributed by atoms with Gasteiger partial charge in [-0.15, -0.1) is 0 Å². The summed E-state index contributed by atoms with van der Waals surface area (Å²) in [5.41, 5.74) is 1.50. The Hall–Kier alpha value is -2.94. The molecule has 31 heavy (non-hydrogen) atoms. The maximum atomic E-state index is 12.7. The van der Waals surface area contributed by atoms with Crippen LogP contribution in [-0.2, 0) is 4.79 Å². The number of aryl methyl sites for hydroxylation is 1. The molecule has 1 amide bonds. The van der Waals surface area contributed by atoms with Crippen molar-refractivity contribution in [1.82, 2.24) is 20.3 Å². The third-order valence-electron chi connectivity index (χ3n) is 5.67. The number of rotatable bonds is 7. The van der Waals surface area contributed by atoms with Crippen LogP contribution in [0.2, 0.25) is 0 Å². The molecule has 3 aromatic rings. The molecule has 9 heteroatoms. The van der Waals surface area contributed by atoms with Crippen LogP contribution in [0.1, 0.15) is 31.6 Å². The van der Waals surface area contributed by atoms with Crippen molar-refractivity contribution in [2.24, 2.45) is 5.92 Å². The Kier molecular flexibility index (Phi) is 6.50. The molecule has 2 N–H and O–H groups in total. The number of hydrogen-bond donors (Lipinski definition) is 2. The van der Waals surface area contributed by atoms with Crippen molar-refractivity contribution >= 4 is 22.6 Å². The number of alkyl halides is 2. The summed E-state index contributed by atoms with van der Waals surface area (Å²) in [6.07, 6.45) is 7.72. The zero-order chi connectivity index (χ0) is 21.8. The Morgan fingerprint density at radius 1 is 1.10 bits per heavy atom. The highest BCUT2D eigenvalue weighted by Gasteiger charge is 2.27. The van der Waals surface area contributed by atoms with E-state index in [9.17, 15) is 13.6 Å². The SMILES string of the molecule is Cc1ncc(-c2cnc3cnc(NC(=O)[C@H]4CC[C@H](NC(CF)CF)CC4)cc3c2)o1. The molecular weight excluding hydrogens is 404 g/mol. The molecule has 1 aliphatic rings. The number of nitrogens with zero attached hydrogens (tertiary/aromatic N) is 3. The summed E-state index contributed by atoms with van der Waals surface area (Å²) < 4.78 is 31.0. The second kappa shape index (κ2) is 9.47. The Balaban J connectivity index is 1.39. The smallest absolute Gasteiger partial charge is 0.228 e. The molecule has 0 aliphatic heterocycles. The van der Waals surface area contributed by atoms with Crippen molar-refractivity contribution < 1.29 is 18.0 Å². The van der Waals surface area contributed by atoms with E-state index in [1.807, 2.05) is 6.07 Å². The molecule has 7 nitrogen and oxygen atoms in total. The van der Waals surface area contributed by atoms with Gasteiger partial charge < -0.3 is 15.1 Å². The van der Waals surface area contributed by atoms with Gasteiger partial charge in [0.05, 0.1) is 24.0 Å². The highest BCUT2D eigenvalue weighted by atomic mass is 19.1. The van der Waals surface area contributed by atoms with Gasteiger partial charge in [0.15, 0.2) is 11.7 Å².